The standard InChI is InChI=1S/C32H22NO2P/c34-36(24-12-3-1-4-13-24,25-14-5-2-6-15-25)26-19-20-31-29(21-26)28-17-9-10-18-30(28)33(31)32-27-16-8-7-11-23(27)22-35-32/h1-22H. The van der Waals surface area contributed by atoms with Crippen LogP contribution in [0.25, 0.3) is 38.5 Å². The number of fused-ring (bicyclic) bond motifs is 4. The van der Waals surface area contributed by atoms with Crippen molar-refractivity contribution >= 4 is 55.6 Å². The maximum Gasteiger partial charge on any atom is 0.212 e. The molecule has 0 bridgehead atoms. The molecule has 0 aliphatic heterocycles. The Balaban J connectivity index is 1.54. The summed E-state index contributed by atoms with van der Waals surface area (Å²) in [6.07, 6.45) is 1.80. The Morgan fingerprint density at radius 3 is 1.83 bits per heavy atom. The normalized spacial score (nSPS) is 12.0. The van der Waals surface area contributed by atoms with Crippen LogP contribution in [0.2, 0.25) is 0 Å². The quantitative estimate of drug-likeness (QED) is 0.249. The molecule has 0 unspecified atom stereocenters. The number of rotatable bonds is 4. The summed E-state index contributed by atoms with van der Waals surface area (Å²) in [4.78, 5) is 0. The van der Waals surface area contributed by atoms with Crippen LogP contribution in [0.1, 0.15) is 0 Å². The molecule has 7 rings (SSSR count). The van der Waals surface area contributed by atoms with Crippen molar-refractivity contribution in [2.24, 2.45) is 0 Å². The van der Waals surface area contributed by atoms with Crippen molar-refractivity contribution in [3.8, 4) is 5.88 Å². The zero-order valence-corrected chi connectivity index (χ0v) is 20.3. The van der Waals surface area contributed by atoms with Crippen LogP contribution in [0.5, 0.6) is 0 Å². The van der Waals surface area contributed by atoms with Gasteiger partial charge in [0.05, 0.1) is 11.0 Å². The highest BCUT2D eigenvalue weighted by Crippen LogP contribution is 2.44. The van der Waals surface area contributed by atoms with Crippen molar-refractivity contribution < 1.29 is 8.98 Å². The molecule has 0 aliphatic rings. The number of hydrogen-bond acceptors (Lipinski definition) is 2. The van der Waals surface area contributed by atoms with Gasteiger partial charge in [-0.15, -0.1) is 0 Å². The van der Waals surface area contributed by atoms with Crippen LogP contribution in [-0.2, 0) is 4.57 Å². The minimum absolute atomic E-state index is 0.791. The van der Waals surface area contributed by atoms with Crippen LogP contribution in [0.4, 0.5) is 0 Å². The van der Waals surface area contributed by atoms with E-state index in [2.05, 4.69) is 41.0 Å². The summed E-state index contributed by atoms with van der Waals surface area (Å²) in [6, 6.07) is 42.4. The van der Waals surface area contributed by atoms with E-state index in [1.165, 1.54) is 0 Å². The molecule has 36 heavy (non-hydrogen) atoms. The molecular weight excluding hydrogens is 461 g/mol. The first-order valence-electron chi connectivity index (χ1n) is 12.0. The topological polar surface area (TPSA) is 35.1 Å². The van der Waals surface area contributed by atoms with E-state index in [0.29, 0.717) is 0 Å². The highest BCUT2D eigenvalue weighted by molar-refractivity contribution is 7.85. The van der Waals surface area contributed by atoms with Crippen LogP contribution in [-0.4, -0.2) is 4.57 Å². The Morgan fingerprint density at radius 1 is 0.528 bits per heavy atom. The average molecular weight is 484 g/mol. The first kappa shape index (κ1) is 21.0. The van der Waals surface area contributed by atoms with Crippen molar-refractivity contribution in [1.82, 2.24) is 4.57 Å². The van der Waals surface area contributed by atoms with Gasteiger partial charge in [-0.2, -0.15) is 0 Å². The van der Waals surface area contributed by atoms with E-state index in [4.69, 9.17) is 4.42 Å². The third-order valence-corrected chi connectivity index (χ3v) is 10.0. The van der Waals surface area contributed by atoms with Gasteiger partial charge in [-0.25, -0.2) is 0 Å². The third-order valence-electron chi connectivity index (χ3n) is 6.95. The van der Waals surface area contributed by atoms with Gasteiger partial charge >= 0.3 is 0 Å². The number of hydrogen-bond donors (Lipinski definition) is 0. The summed E-state index contributed by atoms with van der Waals surface area (Å²) in [5.74, 6) is 0.791. The van der Waals surface area contributed by atoms with Crippen molar-refractivity contribution in [3.63, 3.8) is 0 Å². The molecule has 0 radical (unpaired) electrons. The van der Waals surface area contributed by atoms with Gasteiger partial charge in [0.15, 0.2) is 7.14 Å². The molecule has 0 spiro atoms. The molecule has 0 aliphatic carbocycles. The zero-order valence-electron chi connectivity index (χ0n) is 19.4. The third kappa shape index (κ3) is 3.03. The molecular formula is C32H22NO2P. The predicted molar refractivity (Wildman–Crippen MR) is 150 cm³/mol. The largest absolute Gasteiger partial charge is 0.447 e. The lowest BCUT2D eigenvalue weighted by atomic mass is 10.1. The second kappa shape index (κ2) is 8.12. The molecule has 2 aromatic heterocycles. The summed E-state index contributed by atoms with van der Waals surface area (Å²) < 4.78 is 23.3. The van der Waals surface area contributed by atoms with Gasteiger partial charge in [0.25, 0.3) is 0 Å². The summed E-state index contributed by atoms with van der Waals surface area (Å²) in [5.41, 5.74) is 2.08. The average Bonchev–Trinajstić information content (AvgIpc) is 3.52. The van der Waals surface area contributed by atoms with Crippen LogP contribution < -0.4 is 15.9 Å². The van der Waals surface area contributed by atoms with Crippen molar-refractivity contribution in [2.75, 3.05) is 0 Å². The molecule has 172 valence electrons. The fourth-order valence-corrected chi connectivity index (χ4v) is 7.92. The molecule has 2 heterocycles. The summed E-state index contributed by atoms with van der Waals surface area (Å²) >= 11 is 0. The summed E-state index contributed by atoms with van der Waals surface area (Å²) in [5, 5.41) is 6.75. The Morgan fingerprint density at radius 2 is 1.11 bits per heavy atom. The maximum atomic E-state index is 15.0. The highest BCUT2D eigenvalue weighted by atomic mass is 31.2. The highest BCUT2D eigenvalue weighted by Gasteiger charge is 2.30. The molecule has 0 N–H and O–H groups in total. The lowest BCUT2D eigenvalue weighted by Crippen LogP contribution is -2.24. The molecule has 0 fully saturated rings. The molecule has 7 aromatic rings. The van der Waals surface area contributed by atoms with Gasteiger partial charge in [-0.3, -0.25) is 4.57 Å². The van der Waals surface area contributed by atoms with Crippen LogP contribution in [0, 0.1) is 0 Å². The molecule has 0 saturated carbocycles. The van der Waals surface area contributed by atoms with Crippen molar-refractivity contribution in [3.05, 3.63) is 134 Å². The fourth-order valence-electron chi connectivity index (χ4n) is 5.25. The van der Waals surface area contributed by atoms with Gasteiger partial charge in [0.1, 0.15) is 6.26 Å². The van der Waals surface area contributed by atoms with E-state index in [-0.39, 0.29) is 0 Å². The Labute approximate surface area is 208 Å². The Kier molecular flexibility index (Phi) is 4.73. The van der Waals surface area contributed by atoms with Gasteiger partial charge in [0, 0.05) is 37.5 Å². The molecule has 0 saturated heterocycles. The van der Waals surface area contributed by atoms with Gasteiger partial charge < -0.3 is 8.98 Å². The lowest BCUT2D eigenvalue weighted by molar-refractivity contribution is 0.551. The van der Waals surface area contributed by atoms with E-state index < -0.39 is 7.14 Å². The van der Waals surface area contributed by atoms with E-state index in [0.717, 1.165) is 54.4 Å². The van der Waals surface area contributed by atoms with E-state index in [9.17, 15) is 4.57 Å². The number of furan rings is 1. The van der Waals surface area contributed by atoms with Crippen LogP contribution >= 0.6 is 7.14 Å². The predicted octanol–water partition coefficient (Wildman–Crippen LogP) is 7.17. The molecule has 3 nitrogen and oxygen atoms in total. The first-order chi connectivity index (χ1) is 17.7. The zero-order chi connectivity index (χ0) is 24.1. The molecule has 0 amide bonds. The van der Waals surface area contributed by atoms with Crippen LogP contribution in [0.3, 0.4) is 0 Å². The number of para-hydroxylation sites is 1. The first-order valence-corrected chi connectivity index (χ1v) is 13.7. The molecule has 5 aromatic carbocycles. The Hall–Kier alpha value is -4.33. The van der Waals surface area contributed by atoms with E-state index in [1.807, 2.05) is 91.0 Å². The minimum Gasteiger partial charge on any atom is -0.447 e. The van der Waals surface area contributed by atoms with Crippen molar-refractivity contribution in [1.29, 1.82) is 0 Å². The van der Waals surface area contributed by atoms with Crippen molar-refractivity contribution in [2.45, 2.75) is 0 Å². The number of aromatic nitrogens is 1. The van der Waals surface area contributed by atoms with E-state index in [1.54, 1.807) is 6.26 Å². The van der Waals surface area contributed by atoms with Gasteiger partial charge in [-0.05, 0) is 30.3 Å². The summed E-state index contributed by atoms with van der Waals surface area (Å²) in [6.45, 7) is 0. The number of benzene rings is 5. The second-order valence-electron chi connectivity index (χ2n) is 8.96. The van der Waals surface area contributed by atoms with Crippen LogP contribution in [0.15, 0.2) is 138 Å². The lowest BCUT2D eigenvalue weighted by Gasteiger charge is -2.20. The van der Waals surface area contributed by atoms with E-state index >= 15 is 0 Å². The molecule has 0 atom stereocenters. The minimum atomic E-state index is -3.08. The molecule has 4 heteroatoms. The fraction of sp³-hybridized carbons (Fsp3) is 0. The Bertz CT molecular complexity index is 1870. The summed E-state index contributed by atoms with van der Waals surface area (Å²) in [7, 11) is -3.08. The maximum absolute atomic E-state index is 15.0. The smallest absolute Gasteiger partial charge is 0.212 e. The van der Waals surface area contributed by atoms with Gasteiger partial charge in [0.2, 0.25) is 5.88 Å². The second-order valence-corrected chi connectivity index (χ2v) is 11.7. The SMILES string of the molecule is O=P(c1ccccc1)(c1ccccc1)c1ccc2c(c1)c1ccccc1n2-c1occ2ccccc12. The number of nitrogens with zero attached hydrogens (tertiary/aromatic N) is 1. The van der Waals surface area contributed by atoms with Gasteiger partial charge in [-0.1, -0.05) is 97.1 Å². The monoisotopic (exact) mass is 483 g/mol.